The van der Waals surface area contributed by atoms with E-state index in [4.69, 9.17) is 13.9 Å². The van der Waals surface area contributed by atoms with Gasteiger partial charge in [0.15, 0.2) is 17.0 Å². The quantitative estimate of drug-likeness (QED) is 0.309. The number of aromatic nitrogens is 1. The highest BCUT2D eigenvalue weighted by Crippen LogP contribution is 2.32. The van der Waals surface area contributed by atoms with Crippen molar-refractivity contribution in [2.75, 3.05) is 12.4 Å². The van der Waals surface area contributed by atoms with Crippen molar-refractivity contribution >= 4 is 43.6 Å². The molecule has 1 N–H and O–H groups in total. The Morgan fingerprint density at radius 3 is 2.63 bits per heavy atom. The second-order valence-corrected chi connectivity index (χ2v) is 8.84. The summed E-state index contributed by atoms with van der Waals surface area (Å²) in [6, 6.07) is 21.7. The summed E-state index contributed by atoms with van der Waals surface area (Å²) < 4.78 is 18.3. The standard InChI is InChI=1S/C27H22N2O5S/c1-3-20(26(31)29-27-28-19-14-13-17(32-2)15-22(19)35-27)33-25-23(30)18-11-7-8-12-21(18)34-24(25)16-9-5-4-6-10-16/h4-15,20H,3H2,1-2H3,(H,28,29,31). The van der Waals surface area contributed by atoms with E-state index >= 15 is 0 Å². The van der Waals surface area contributed by atoms with Gasteiger partial charge in [0.05, 0.1) is 22.7 Å². The summed E-state index contributed by atoms with van der Waals surface area (Å²) in [4.78, 5) is 31.0. The molecule has 176 valence electrons. The van der Waals surface area contributed by atoms with E-state index in [0.29, 0.717) is 33.8 Å². The smallest absolute Gasteiger partial charge is 0.267 e. The van der Waals surface area contributed by atoms with Crippen LogP contribution < -0.4 is 20.2 Å². The summed E-state index contributed by atoms with van der Waals surface area (Å²) in [6.45, 7) is 1.82. The molecule has 0 aliphatic carbocycles. The Kier molecular flexibility index (Phi) is 6.20. The molecule has 0 fully saturated rings. The number of para-hydroxylation sites is 1. The Hall–Kier alpha value is -4.17. The van der Waals surface area contributed by atoms with Crippen LogP contribution in [0.15, 0.2) is 82.0 Å². The van der Waals surface area contributed by atoms with Gasteiger partial charge in [-0.15, -0.1) is 0 Å². The fraction of sp³-hybridized carbons (Fsp3) is 0.148. The number of hydrogen-bond donors (Lipinski definition) is 1. The Bertz CT molecular complexity index is 1580. The van der Waals surface area contributed by atoms with Crippen molar-refractivity contribution in [2.24, 2.45) is 0 Å². The largest absolute Gasteiger partial charge is 0.497 e. The molecule has 5 rings (SSSR count). The first kappa shape index (κ1) is 22.6. The number of benzene rings is 3. The normalized spacial score (nSPS) is 11.9. The molecule has 0 spiro atoms. The van der Waals surface area contributed by atoms with Crippen LogP contribution in [0.3, 0.4) is 0 Å². The first-order valence-corrected chi connectivity index (χ1v) is 11.9. The highest BCUT2D eigenvalue weighted by Gasteiger charge is 2.25. The van der Waals surface area contributed by atoms with E-state index in [0.717, 1.165) is 10.2 Å². The highest BCUT2D eigenvalue weighted by atomic mass is 32.1. The summed E-state index contributed by atoms with van der Waals surface area (Å²) in [5.41, 5.74) is 1.55. The van der Waals surface area contributed by atoms with Crippen LogP contribution in [0.2, 0.25) is 0 Å². The van der Waals surface area contributed by atoms with E-state index in [1.54, 1.807) is 31.4 Å². The molecule has 1 amide bonds. The zero-order valence-corrected chi connectivity index (χ0v) is 19.9. The Balaban J connectivity index is 1.48. The van der Waals surface area contributed by atoms with Crippen molar-refractivity contribution in [3.05, 3.63) is 83.0 Å². The SMILES string of the molecule is CCC(Oc1c(-c2ccccc2)oc2ccccc2c1=O)C(=O)Nc1nc2ccc(OC)cc2s1. The summed E-state index contributed by atoms with van der Waals surface area (Å²) in [5.74, 6) is 0.605. The molecule has 35 heavy (non-hydrogen) atoms. The number of fused-ring (bicyclic) bond motifs is 2. The minimum atomic E-state index is -0.928. The van der Waals surface area contributed by atoms with Crippen molar-refractivity contribution in [1.82, 2.24) is 4.98 Å². The van der Waals surface area contributed by atoms with Gasteiger partial charge in [0.2, 0.25) is 11.2 Å². The van der Waals surface area contributed by atoms with E-state index in [1.165, 1.54) is 11.3 Å². The van der Waals surface area contributed by atoms with Gasteiger partial charge >= 0.3 is 0 Å². The maximum Gasteiger partial charge on any atom is 0.267 e. The van der Waals surface area contributed by atoms with Crippen LogP contribution in [0, 0.1) is 0 Å². The fourth-order valence-electron chi connectivity index (χ4n) is 3.75. The first-order chi connectivity index (χ1) is 17.1. The number of ether oxygens (including phenoxy) is 2. The van der Waals surface area contributed by atoms with Crippen molar-refractivity contribution in [3.8, 4) is 22.8 Å². The topological polar surface area (TPSA) is 90.7 Å². The van der Waals surface area contributed by atoms with Gasteiger partial charge in [0.1, 0.15) is 11.3 Å². The number of amides is 1. The van der Waals surface area contributed by atoms with Crippen LogP contribution in [0.25, 0.3) is 32.5 Å². The van der Waals surface area contributed by atoms with Gasteiger partial charge < -0.3 is 13.9 Å². The van der Waals surface area contributed by atoms with Gasteiger partial charge in [-0.2, -0.15) is 0 Å². The van der Waals surface area contributed by atoms with Crippen molar-refractivity contribution in [1.29, 1.82) is 0 Å². The van der Waals surface area contributed by atoms with E-state index in [2.05, 4.69) is 10.3 Å². The summed E-state index contributed by atoms with van der Waals surface area (Å²) in [5, 5.41) is 3.65. The summed E-state index contributed by atoms with van der Waals surface area (Å²) in [7, 11) is 1.60. The molecule has 3 aromatic carbocycles. The molecule has 8 heteroatoms. The molecule has 0 aliphatic heterocycles. The minimum absolute atomic E-state index is 0.00550. The Morgan fingerprint density at radius 2 is 1.86 bits per heavy atom. The summed E-state index contributed by atoms with van der Waals surface area (Å²) in [6.07, 6.45) is -0.589. The molecule has 7 nitrogen and oxygen atoms in total. The number of thiazole rings is 1. The van der Waals surface area contributed by atoms with Gasteiger partial charge in [-0.05, 0) is 36.8 Å². The molecule has 0 aliphatic rings. The molecule has 0 saturated heterocycles. The van der Waals surface area contributed by atoms with Gasteiger partial charge in [-0.1, -0.05) is 60.7 Å². The molecule has 1 atom stereocenters. The van der Waals surface area contributed by atoms with Crippen LogP contribution in [0.1, 0.15) is 13.3 Å². The number of carbonyl (C=O) groups excluding carboxylic acids is 1. The monoisotopic (exact) mass is 486 g/mol. The van der Waals surface area contributed by atoms with Crippen LogP contribution in [-0.2, 0) is 4.79 Å². The predicted molar refractivity (Wildman–Crippen MR) is 137 cm³/mol. The number of nitrogens with zero attached hydrogens (tertiary/aromatic N) is 1. The number of hydrogen-bond acceptors (Lipinski definition) is 7. The maximum absolute atomic E-state index is 13.4. The Morgan fingerprint density at radius 1 is 1.09 bits per heavy atom. The molecule has 0 bridgehead atoms. The van der Waals surface area contributed by atoms with Gasteiger partial charge in [-0.3, -0.25) is 14.9 Å². The molecule has 1 unspecified atom stereocenters. The number of methoxy groups -OCH3 is 1. The molecular formula is C27H22N2O5S. The van der Waals surface area contributed by atoms with E-state index in [9.17, 15) is 9.59 Å². The fourth-order valence-corrected chi connectivity index (χ4v) is 4.64. The molecule has 2 aromatic heterocycles. The van der Waals surface area contributed by atoms with E-state index in [1.807, 2.05) is 55.5 Å². The predicted octanol–water partition coefficient (Wildman–Crippen LogP) is 5.87. The van der Waals surface area contributed by atoms with Gasteiger partial charge in [0.25, 0.3) is 5.91 Å². The Labute approximate surface area is 204 Å². The van der Waals surface area contributed by atoms with Crippen LogP contribution >= 0.6 is 11.3 Å². The third-order valence-electron chi connectivity index (χ3n) is 5.54. The molecule has 5 aromatic rings. The number of anilines is 1. The molecule has 0 saturated carbocycles. The average Bonchev–Trinajstić information content (AvgIpc) is 3.29. The molecule has 2 heterocycles. The van der Waals surface area contributed by atoms with Crippen LogP contribution in [0.5, 0.6) is 11.5 Å². The van der Waals surface area contributed by atoms with Crippen molar-refractivity contribution < 1.29 is 18.7 Å². The first-order valence-electron chi connectivity index (χ1n) is 11.1. The van der Waals surface area contributed by atoms with Crippen LogP contribution in [0.4, 0.5) is 5.13 Å². The second-order valence-electron chi connectivity index (χ2n) is 7.81. The lowest BCUT2D eigenvalue weighted by Crippen LogP contribution is -2.34. The maximum atomic E-state index is 13.4. The average molecular weight is 487 g/mol. The third-order valence-corrected chi connectivity index (χ3v) is 6.47. The zero-order chi connectivity index (χ0) is 24.4. The lowest BCUT2D eigenvalue weighted by atomic mass is 10.1. The minimum Gasteiger partial charge on any atom is -0.497 e. The van der Waals surface area contributed by atoms with Gasteiger partial charge in [-0.25, -0.2) is 4.98 Å². The molecule has 0 radical (unpaired) electrons. The van der Waals surface area contributed by atoms with Crippen molar-refractivity contribution in [2.45, 2.75) is 19.4 Å². The summed E-state index contributed by atoms with van der Waals surface area (Å²) >= 11 is 1.34. The molecular weight excluding hydrogens is 464 g/mol. The second kappa shape index (κ2) is 9.60. The van der Waals surface area contributed by atoms with Gasteiger partial charge in [0, 0.05) is 5.56 Å². The number of rotatable bonds is 7. The van der Waals surface area contributed by atoms with E-state index < -0.39 is 12.0 Å². The lowest BCUT2D eigenvalue weighted by molar-refractivity contribution is -0.122. The number of nitrogens with one attached hydrogen (secondary N) is 1. The van der Waals surface area contributed by atoms with E-state index in [-0.39, 0.29) is 16.9 Å². The third kappa shape index (κ3) is 4.48. The lowest BCUT2D eigenvalue weighted by Gasteiger charge is -2.18. The number of carbonyl (C=O) groups is 1. The highest BCUT2D eigenvalue weighted by molar-refractivity contribution is 7.22. The zero-order valence-electron chi connectivity index (χ0n) is 19.1. The van der Waals surface area contributed by atoms with Crippen LogP contribution in [-0.4, -0.2) is 24.1 Å². The van der Waals surface area contributed by atoms with Crippen molar-refractivity contribution in [3.63, 3.8) is 0 Å².